The molecule has 0 N–H and O–H groups in total. The number of ether oxygens (including phenoxy) is 1. The van der Waals surface area contributed by atoms with Crippen LogP contribution in [0.1, 0.15) is 19.3 Å². The van der Waals surface area contributed by atoms with Crippen molar-refractivity contribution in [2.24, 2.45) is 0 Å². The Morgan fingerprint density at radius 1 is 1.50 bits per heavy atom. The van der Waals surface area contributed by atoms with Crippen LogP contribution in [-0.4, -0.2) is 12.7 Å². The normalized spacial score (nSPS) is 23.4. The van der Waals surface area contributed by atoms with E-state index in [1.807, 2.05) is 6.08 Å². The lowest BCUT2D eigenvalue weighted by Crippen LogP contribution is -1.80. The predicted molar refractivity (Wildman–Crippen MR) is 42.9 cm³/mol. The van der Waals surface area contributed by atoms with Crippen molar-refractivity contribution in [2.75, 3.05) is 6.61 Å². The SMILES string of the molecule is C=CC/C=C/CCC1CO1. The first-order valence-corrected chi connectivity index (χ1v) is 3.81. The Morgan fingerprint density at radius 3 is 2.90 bits per heavy atom. The monoisotopic (exact) mass is 138 g/mol. The molecule has 0 aliphatic carbocycles. The highest BCUT2D eigenvalue weighted by atomic mass is 16.6. The molecule has 1 unspecified atom stereocenters. The quantitative estimate of drug-likeness (QED) is 0.419. The molecule has 1 aliphatic rings. The van der Waals surface area contributed by atoms with Crippen molar-refractivity contribution in [3.05, 3.63) is 24.8 Å². The zero-order valence-corrected chi connectivity index (χ0v) is 6.25. The highest BCUT2D eigenvalue weighted by molar-refractivity contribution is 4.89. The summed E-state index contributed by atoms with van der Waals surface area (Å²) in [4.78, 5) is 0. The van der Waals surface area contributed by atoms with Gasteiger partial charge in [-0.2, -0.15) is 0 Å². The molecule has 0 aromatic rings. The van der Waals surface area contributed by atoms with Gasteiger partial charge in [-0.25, -0.2) is 0 Å². The molecule has 1 saturated heterocycles. The fourth-order valence-electron chi connectivity index (χ4n) is 0.827. The van der Waals surface area contributed by atoms with Crippen LogP contribution >= 0.6 is 0 Å². The lowest BCUT2D eigenvalue weighted by atomic mass is 10.2. The standard InChI is InChI=1S/C9H14O/c1-2-3-4-5-6-7-9-8-10-9/h2,4-5,9H,1,3,6-8H2/b5-4+. The van der Waals surface area contributed by atoms with Crippen molar-refractivity contribution in [2.45, 2.75) is 25.4 Å². The average molecular weight is 138 g/mol. The van der Waals surface area contributed by atoms with Crippen molar-refractivity contribution in [3.63, 3.8) is 0 Å². The van der Waals surface area contributed by atoms with Crippen molar-refractivity contribution in [1.29, 1.82) is 0 Å². The van der Waals surface area contributed by atoms with Crippen LogP contribution in [0.15, 0.2) is 24.8 Å². The molecule has 10 heavy (non-hydrogen) atoms. The van der Waals surface area contributed by atoms with Gasteiger partial charge in [0, 0.05) is 0 Å². The van der Waals surface area contributed by atoms with Gasteiger partial charge >= 0.3 is 0 Å². The number of epoxide rings is 1. The topological polar surface area (TPSA) is 12.5 Å². The molecule has 56 valence electrons. The molecule has 0 radical (unpaired) electrons. The molecule has 0 amide bonds. The smallest absolute Gasteiger partial charge is 0.0812 e. The van der Waals surface area contributed by atoms with Crippen LogP contribution in [-0.2, 0) is 4.74 Å². The zero-order chi connectivity index (χ0) is 7.23. The van der Waals surface area contributed by atoms with Gasteiger partial charge in [-0.05, 0) is 19.3 Å². The second kappa shape index (κ2) is 4.29. The van der Waals surface area contributed by atoms with E-state index in [0.717, 1.165) is 19.4 Å². The first-order chi connectivity index (χ1) is 4.93. The van der Waals surface area contributed by atoms with Crippen molar-refractivity contribution in [3.8, 4) is 0 Å². The molecule has 1 rings (SSSR count). The summed E-state index contributed by atoms with van der Waals surface area (Å²) in [5.41, 5.74) is 0. The molecular weight excluding hydrogens is 124 g/mol. The molecule has 1 heteroatoms. The molecule has 0 saturated carbocycles. The third-order valence-electron chi connectivity index (χ3n) is 1.53. The Kier molecular flexibility index (Phi) is 3.23. The summed E-state index contributed by atoms with van der Waals surface area (Å²) >= 11 is 0. The largest absolute Gasteiger partial charge is 0.373 e. The second-order valence-electron chi connectivity index (χ2n) is 2.53. The Bertz CT molecular complexity index is 123. The third kappa shape index (κ3) is 3.46. The van der Waals surface area contributed by atoms with E-state index in [1.165, 1.54) is 6.42 Å². The van der Waals surface area contributed by atoms with Gasteiger partial charge in [-0.3, -0.25) is 0 Å². The van der Waals surface area contributed by atoms with E-state index >= 15 is 0 Å². The van der Waals surface area contributed by atoms with Crippen LogP contribution in [0.2, 0.25) is 0 Å². The molecule has 0 bridgehead atoms. The minimum absolute atomic E-state index is 0.577. The highest BCUT2D eigenvalue weighted by Crippen LogP contribution is 2.15. The Labute approximate surface area is 62.4 Å². The lowest BCUT2D eigenvalue weighted by molar-refractivity contribution is 0.398. The summed E-state index contributed by atoms with van der Waals surface area (Å²) in [5.74, 6) is 0. The van der Waals surface area contributed by atoms with Crippen molar-refractivity contribution in [1.82, 2.24) is 0 Å². The van der Waals surface area contributed by atoms with Crippen LogP contribution in [0.4, 0.5) is 0 Å². The van der Waals surface area contributed by atoms with Crippen molar-refractivity contribution >= 4 is 0 Å². The van der Waals surface area contributed by atoms with Crippen molar-refractivity contribution < 1.29 is 4.74 Å². The summed E-state index contributed by atoms with van der Waals surface area (Å²) in [6.07, 6.45) is 10.2. The number of hydrogen-bond acceptors (Lipinski definition) is 1. The van der Waals surface area contributed by atoms with Gasteiger partial charge in [0.15, 0.2) is 0 Å². The average Bonchev–Trinajstić information content (AvgIpc) is 2.71. The van der Waals surface area contributed by atoms with E-state index in [1.54, 1.807) is 0 Å². The van der Waals surface area contributed by atoms with Gasteiger partial charge in [-0.15, -0.1) is 6.58 Å². The van der Waals surface area contributed by atoms with E-state index in [0.29, 0.717) is 6.10 Å². The maximum Gasteiger partial charge on any atom is 0.0812 e. The van der Waals surface area contributed by atoms with Gasteiger partial charge < -0.3 is 4.74 Å². The molecule has 1 nitrogen and oxygen atoms in total. The van der Waals surface area contributed by atoms with E-state index in [2.05, 4.69) is 18.7 Å². The molecule has 0 aromatic carbocycles. The minimum Gasteiger partial charge on any atom is -0.373 e. The summed E-state index contributed by atoms with van der Waals surface area (Å²) in [6, 6.07) is 0. The maximum atomic E-state index is 5.06. The first-order valence-electron chi connectivity index (χ1n) is 3.81. The molecule has 0 spiro atoms. The zero-order valence-electron chi connectivity index (χ0n) is 6.25. The second-order valence-corrected chi connectivity index (χ2v) is 2.53. The van der Waals surface area contributed by atoms with Gasteiger partial charge in [0.05, 0.1) is 12.7 Å². The number of hydrogen-bond donors (Lipinski definition) is 0. The van der Waals surface area contributed by atoms with E-state index in [9.17, 15) is 0 Å². The fraction of sp³-hybridized carbons (Fsp3) is 0.556. The summed E-state index contributed by atoms with van der Waals surface area (Å²) < 4.78 is 5.06. The molecule has 1 heterocycles. The van der Waals surface area contributed by atoms with Crippen LogP contribution < -0.4 is 0 Å². The number of rotatable bonds is 5. The van der Waals surface area contributed by atoms with Crippen LogP contribution in [0.25, 0.3) is 0 Å². The van der Waals surface area contributed by atoms with Gasteiger partial charge in [0.2, 0.25) is 0 Å². The minimum atomic E-state index is 0.577. The van der Waals surface area contributed by atoms with Gasteiger partial charge in [-0.1, -0.05) is 18.2 Å². The Balaban J connectivity index is 1.87. The van der Waals surface area contributed by atoms with E-state index in [4.69, 9.17) is 4.74 Å². The highest BCUT2D eigenvalue weighted by Gasteiger charge is 2.20. The predicted octanol–water partition coefficient (Wildman–Crippen LogP) is 2.30. The van der Waals surface area contributed by atoms with Gasteiger partial charge in [0.25, 0.3) is 0 Å². The lowest BCUT2D eigenvalue weighted by Gasteiger charge is -1.86. The molecule has 1 atom stereocenters. The fourth-order valence-corrected chi connectivity index (χ4v) is 0.827. The van der Waals surface area contributed by atoms with Crippen LogP contribution in [0, 0.1) is 0 Å². The van der Waals surface area contributed by atoms with E-state index in [-0.39, 0.29) is 0 Å². The molecule has 1 fully saturated rings. The summed E-state index contributed by atoms with van der Waals surface area (Å²) in [5, 5.41) is 0. The summed E-state index contributed by atoms with van der Waals surface area (Å²) in [6.45, 7) is 4.61. The third-order valence-corrected chi connectivity index (χ3v) is 1.53. The van der Waals surface area contributed by atoms with Crippen LogP contribution in [0.3, 0.4) is 0 Å². The van der Waals surface area contributed by atoms with E-state index < -0.39 is 0 Å². The molecular formula is C9H14O. The first kappa shape index (κ1) is 7.55. The Morgan fingerprint density at radius 2 is 2.30 bits per heavy atom. The maximum absolute atomic E-state index is 5.06. The molecule has 0 aromatic heterocycles. The van der Waals surface area contributed by atoms with Gasteiger partial charge in [0.1, 0.15) is 0 Å². The summed E-state index contributed by atoms with van der Waals surface area (Å²) in [7, 11) is 0. The number of allylic oxidation sites excluding steroid dienone is 3. The van der Waals surface area contributed by atoms with Crippen LogP contribution in [0.5, 0.6) is 0 Å². The Hall–Kier alpha value is -0.560. The molecule has 1 aliphatic heterocycles.